The lowest BCUT2D eigenvalue weighted by Gasteiger charge is -2.22. The number of alkyl carbamates (subject to hydrolysis) is 1. The van der Waals surface area contributed by atoms with Crippen LogP contribution in [0.25, 0.3) is 0 Å². The van der Waals surface area contributed by atoms with Gasteiger partial charge in [0, 0.05) is 12.5 Å². The predicted octanol–water partition coefficient (Wildman–Crippen LogP) is 2.56. The molecule has 0 aliphatic rings. The van der Waals surface area contributed by atoms with Gasteiger partial charge in [-0.15, -0.1) is 0 Å². The molecule has 0 heterocycles. The lowest BCUT2D eigenvalue weighted by Crippen LogP contribution is -2.36. The van der Waals surface area contributed by atoms with E-state index in [2.05, 4.69) is 5.32 Å². The van der Waals surface area contributed by atoms with Crippen LogP contribution in [-0.4, -0.2) is 30.0 Å². The van der Waals surface area contributed by atoms with E-state index < -0.39 is 11.7 Å². The van der Waals surface area contributed by atoms with Crippen molar-refractivity contribution in [3.63, 3.8) is 0 Å². The van der Waals surface area contributed by atoms with Crippen molar-refractivity contribution in [2.45, 2.75) is 32.3 Å². The third-order valence-corrected chi connectivity index (χ3v) is 2.71. The second kappa shape index (κ2) is 7.83. The van der Waals surface area contributed by atoms with E-state index in [4.69, 9.17) is 27.4 Å². The van der Waals surface area contributed by atoms with Gasteiger partial charge in [0.25, 0.3) is 5.17 Å². The van der Waals surface area contributed by atoms with Crippen LogP contribution >= 0.6 is 12.2 Å². The molecule has 1 atom stereocenters. The van der Waals surface area contributed by atoms with Gasteiger partial charge in [-0.1, -0.05) is 30.3 Å². The molecule has 0 aliphatic carbocycles. The van der Waals surface area contributed by atoms with Crippen molar-refractivity contribution in [1.29, 1.82) is 0 Å². The molecule has 0 radical (unpaired) electrons. The van der Waals surface area contributed by atoms with Gasteiger partial charge < -0.3 is 20.5 Å². The number of nitrogens with one attached hydrogen (secondary N) is 1. The molecule has 0 spiro atoms. The Balaban J connectivity index is 2.61. The molecule has 6 heteroatoms. The highest BCUT2D eigenvalue weighted by Crippen LogP contribution is 2.15. The number of ether oxygens (including phenoxy) is 2. The molecular formula is C15H22N2O3S. The van der Waals surface area contributed by atoms with Crippen LogP contribution in [0.1, 0.15) is 32.3 Å². The minimum Gasteiger partial charge on any atom is -0.470 e. The van der Waals surface area contributed by atoms with E-state index in [0.29, 0.717) is 13.2 Å². The summed E-state index contributed by atoms with van der Waals surface area (Å²) < 4.78 is 10.4. The van der Waals surface area contributed by atoms with Crippen LogP contribution in [0, 0.1) is 0 Å². The van der Waals surface area contributed by atoms with Crippen LogP contribution in [0.15, 0.2) is 30.3 Å². The van der Waals surface area contributed by atoms with Crippen molar-refractivity contribution in [1.82, 2.24) is 5.32 Å². The average Bonchev–Trinajstić information content (AvgIpc) is 2.37. The van der Waals surface area contributed by atoms with E-state index in [1.807, 2.05) is 51.1 Å². The Bertz CT molecular complexity index is 472. The molecule has 1 aromatic carbocycles. The summed E-state index contributed by atoms with van der Waals surface area (Å²) in [5.74, 6) is -0.0554. The molecule has 1 unspecified atom stereocenters. The second-order valence-electron chi connectivity index (χ2n) is 5.62. The van der Waals surface area contributed by atoms with Gasteiger partial charge >= 0.3 is 6.09 Å². The third kappa shape index (κ3) is 7.51. The fourth-order valence-electron chi connectivity index (χ4n) is 1.70. The van der Waals surface area contributed by atoms with Gasteiger partial charge in [0.1, 0.15) is 5.60 Å². The number of nitrogens with two attached hydrogens (primary N) is 1. The number of hydrogen-bond donors (Lipinski definition) is 2. The van der Waals surface area contributed by atoms with Gasteiger partial charge in [-0.3, -0.25) is 0 Å². The largest absolute Gasteiger partial charge is 0.470 e. The zero-order valence-electron chi connectivity index (χ0n) is 12.6. The molecule has 3 N–H and O–H groups in total. The Kier molecular flexibility index (Phi) is 6.42. The van der Waals surface area contributed by atoms with Crippen molar-refractivity contribution in [3.8, 4) is 0 Å². The number of thiocarbonyl (C=S) groups is 1. The maximum Gasteiger partial charge on any atom is 0.407 e. The zero-order valence-corrected chi connectivity index (χ0v) is 13.4. The molecule has 0 bridgehead atoms. The summed E-state index contributed by atoms with van der Waals surface area (Å²) in [4.78, 5) is 11.7. The fraction of sp³-hybridized carbons (Fsp3) is 0.467. The molecule has 1 amide bonds. The Morgan fingerprint density at radius 1 is 1.33 bits per heavy atom. The maximum atomic E-state index is 11.7. The highest BCUT2D eigenvalue weighted by atomic mass is 32.1. The van der Waals surface area contributed by atoms with Gasteiger partial charge in [0.05, 0.1) is 6.61 Å². The summed E-state index contributed by atoms with van der Waals surface area (Å²) >= 11 is 4.71. The van der Waals surface area contributed by atoms with Crippen molar-refractivity contribution in [2.75, 3.05) is 13.2 Å². The van der Waals surface area contributed by atoms with Gasteiger partial charge in [0.2, 0.25) is 0 Å². The Hall–Kier alpha value is -1.82. The van der Waals surface area contributed by atoms with Gasteiger partial charge in [-0.2, -0.15) is 0 Å². The molecule has 0 aliphatic heterocycles. The Morgan fingerprint density at radius 3 is 2.48 bits per heavy atom. The van der Waals surface area contributed by atoms with Crippen LogP contribution in [0.4, 0.5) is 4.79 Å². The predicted molar refractivity (Wildman–Crippen MR) is 86.2 cm³/mol. The Labute approximate surface area is 130 Å². The monoisotopic (exact) mass is 310 g/mol. The number of carbonyl (C=O) groups excluding carboxylic acids is 1. The maximum absolute atomic E-state index is 11.7. The summed E-state index contributed by atoms with van der Waals surface area (Å²) in [6.45, 7) is 6.13. The number of hydrogen-bond acceptors (Lipinski definition) is 4. The normalized spacial score (nSPS) is 12.3. The van der Waals surface area contributed by atoms with Crippen molar-refractivity contribution in [3.05, 3.63) is 35.9 Å². The lowest BCUT2D eigenvalue weighted by molar-refractivity contribution is 0.0521. The minimum absolute atomic E-state index is 0.00630. The summed E-state index contributed by atoms with van der Waals surface area (Å²) in [5, 5.41) is 2.73. The summed E-state index contributed by atoms with van der Waals surface area (Å²) in [5.41, 5.74) is 5.86. The molecular weight excluding hydrogens is 288 g/mol. The number of amides is 1. The molecule has 1 rings (SSSR count). The first-order valence-corrected chi connectivity index (χ1v) is 7.13. The number of rotatable bonds is 5. The molecule has 0 fully saturated rings. The van der Waals surface area contributed by atoms with Gasteiger partial charge in [0.15, 0.2) is 0 Å². The van der Waals surface area contributed by atoms with Crippen LogP contribution in [0.5, 0.6) is 0 Å². The average molecular weight is 310 g/mol. The lowest BCUT2D eigenvalue weighted by atomic mass is 10.0. The Morgan fingerprint density at radius 2 is 1.95 bits per heavy atom. The van der Waals surface area contributed by atoms with Crippen LogP contribution in [-0.2, 0) is 9.47 Å². The van der Waals surface area contributed by atoms with Crippen LogP contribution in [0.2, 0.25) is 0 Å². The first-order chi connectivity index (χ1) is 9.78. The topological polar surface area (TPSA) is 73.6 Å². The minimum atomic E-state index is -0.526. The molecule has 0 aromatic heterocycles. The van der Waals surface area contributed by atoms with Crippen LogP contribution in [0.3, 0.4) is 0 Å². The molecule has 116 valence electrons. The van der Waals surface area contributed by atoms with Gasteiger partial charge in [-0.05, 0) is 38.6 Å². The van der Waals surface area contributed by atoms with Crippen molar-refractivity contribution >= 4 is 23.5 Å². The van der Waals surface area contributed by atoms with E-state index in [1.165, 1.54) is 0 Å². The third-order valence-electron chi connectivity index (χ3n) is 2.59. The quantitative estimate of drug-likeness (QED) is 0.818. The van der Waals surface area contributed by atoms with E-state index in [1.54, 1.807) is 0 Å². The molecule has 5 nitrogen and oxygen atoms in total. The first kappa shape index (κ1) is 17.2. The second-order valence-corrected chi connectivity index (χ2v) is 6.02. The summed E-state index contributed by atoms with van der Waals surface area (Å²) in [6.07, 6.45) is -0.459. The molecule has 1 aromatic rings. The summed E-state index contributed by atoms with van der Waals surface area (Å²) in [7, 11) is 0. The van der Waals surface area contributed by atoms with Crippen molar-refractivity contribution in [2.24, 2.45) is 5.73 Å². The fourth-order valence-corrected chi connectivity index (χ4v) is 1.77. The van der Waals surface area contributed by atoms with Crippen LogP contribution < -0.4 is 11.1 Å². The number of benzene rings is 1. The molecule has 0 saturated carbocycles. The van der Waals surface area contributed by atoms with E-state index >= 15 is 0 Å². The van der Waals surface area contributed by atoms with E-state index in [9.17, 15) is 4.79 Å². The first-order valence-electron chi connectivity index (χ1n) is 6.72. The van der Waals surface area contributed by atoms with E-state index in [0.717, 1.165) is 5.56 Å². The molecule has 21 heavy (non-hydrogen) atoms. The standard InChI is InChI=1S/C15H22N2O3S/c1-15(2,3)20-14(18)17-9-12(10-19-13(16)21)11-7-5-4-6-8-11/h4-8,12H,9-10H2,1-3H3,(H2,16,21)(H,17,18). The SMILES string of the molecule is CC(C)(C)OC(=O)NCC(COC(N)=S)c1ccccc1. The smallest absolute Gasteiger partial charge is 0.407 e. The van der Waals surface area contributed by atoms with Gasteiger partial charge in [-0.25, -0.2) is 4.79 Å². The summed E-state index contributed by atoms with van der Waals surface area (Å²) in [6, 6.07) is 9.71. The zero-order chi connectivity index (χ0) is 15.9. The number of carbonyl (C=O) groups is 1. The van der Waals surface area contributed by atoms with E-state index in [-0.39, 0.29) is 11.1 Å². The highest BCUT2D eigenvalue weighted by molar-refractivity contribution is 7.80. The molecule has 0 saturated heterocycles. The van der Waals surface area contributed by atoms with Crippen molar-refractivity contribution < 1.29 is 14.3 Å². The highest BCUT2D eigenvalue weighted by Gasteiger charge is 2.18.